The van der Waals surface area contributed by atoms with Gasteiger partial charge in [0.25, 0.3) is 0 Å². The molecule has 2 heterocycles. The molecule has 1 saturated heterocycles. The number of guanidine groups is 1. The molecule has 0 aliphatic carbocycles. The molecule has 4 rings (SSSR count). The van der Waals surface area contributed by atoms with Gasteiger partial charge in [-0.05, 0) is 43.0 Å². The Labute approximate surface area is 207 Å². The van der Waals surface area contributed by atoms with Gasteiger partial charge in [0, 0.05) is 32.2 Å². The Morgan fingerprint density at radius 2 is 1.84 bits per heavy atom. The van der Waals surface area contributed by atoms with E-state index in [4.69, 9.17) is 4.42 Å². The van der Waals surface area contributed by atoms with E-state index in [-0.39, 0.29) is 24.0 Å². The number of aromatic nitrogens is 1. The lowest BCUT2D eigenvalue weighted by atomic mass is 10.1. The number of rotatable bonds is 8. The largest absolute Gasteiger partial charge is 0.444 e. The second-order valence-corrected chi connectivity index (χ2v) is 8.01. The van der Waals surface area contributed by atoms with Crippen LogP contribution in [0.15, 0.2) is 76.3 Å². The fourth-order valence-electron chi connectivity index (χ4n) is 3.95. The van der Waals surface area contributed by atoms with Crippen molar-refractivity contribution in [3.63, 3.8) is 0 Å². The van der Waals surface area contributed by atoms with E-state index >= 15 is 0 Å². The SMILES string of the molecule is CN=C(NCc1coc(-c2ccccc2)n1)NCC1CCN(CCc2ccccc2)C1.I. The van der Waals surface area contributed by atoms with E-state index in [0.29, 0.717) is 18.4 Å². The minimum Gasteiger partial charge on any atom is -0.444 e. The molecule has 0 amide bonds. The Bertz CT molecular complexity index is 961. The minimum absolute atomic E-state index is 0. The van der Waals surface area contributed by atoms with Crippen LogP contribution in [-0.4, -0.2) is 49.1 Å². The molecule has 1 aliphatic rings. The lowest BCUT2D eigenvalue weighted by Crippen LogP contribution is -2.40. The average molecular weight is 545 g/mol. The van der Waals surface area contributed by atoms with Crippen LogP contribution in [0.2, 0.25) is 0 Å². The first kappa shape index (κ1) is 24.3. The molecule has 32 heavy (non-hydrogen) atoms. The van der Waals surface area contributed by atoms with Gasteiger partial charge in [-0.15, -0.1) is 24.0 Å². The molecule has 0 radical (unpaired) electrons. The maximum atomic E-state index is 5.61. The monoisotopic (exact) mass is 545 g/mol. The topological polar surface area (TPSA) is 65.7 Å². The highest BCUT2D eigenvalue weighted by Gasteiger charge is 2.22. The van der Waals surface area contributed by atoms with Gasteiger partial charge in [0.05, 0.1) is 12.2 Å². The van der Waals surface area contributed by atoms with Crippen LogP contribution >= 0.6 is 24.0 Å². The van der Waals surface area contributed by atoms with Crippen molar-refractivity contribution in [2.45, 2.75) is 19.4 Å². The number of oxazole rings is 1. The van der Waals surface area contributed by atoms with Crippen LogP contribution in [0.1, 0.15) is 17.7 Å². The molecule has 1 aliphatic heterocycles. The van der Waals surface area contributed by atoms with E-state index in [1.54, 1.807) is 13.3 Å². The summed E-state index contributed by atoms with van der Waals surface area (Å²) < 4.78 is 5.61. The van der Waals surface area contributed by atoms with Crippen molar-refractivity contribution in [2.75, 3.05) is 33.2 Å². The maximum Gasteiger partial charge on any atom is 0.226 e. The van der Waals surface area contributed by atoms with E-state index in [1.165, 1.54) is 18.5 Å². The molecule has 2 aromatic carbocycles. The smallest absolute Gasteiger partial charge is 0.226 e. The first-order valence-electron chi connectivity index (χ1n) is 11.0. The van der Waals surface area contributed by atoms with Crippen molar-refractivity contribution in [2.24, 2.45) is 10.9 Å². The molecule has 2 N–H and O–H groups in total. The van der Waals surface area contributed by atoms with Gasteiger partial charge in [-0.2, -0.15) is 0 Å². The molecule has 1 aromatic heterocycles. The van der Waals surface area contributed by atoms with Gasteiger partial charge >= 0.3 is 0 Å². The summed E-state index contributed by atoms with van der Waals surface area (Å²) in [7, 11) is 1.80. The van der Waals surface area contributed by atoms with Crippen LogP contribution in [-0.2, 0) is 13.0 Å². The van der Waals surface area contributed by atoms with Gasteiger partial charge in [0.15, 0.2) is 5.96 Å². The molecule has 0 spiro atoms. The highest BCUT2D eigenvalue weighted by molar-refractivity contribution is 14.0. The number of hydrogen-bond acceptors (Lipinski definition) is 4. The summed E-state index contributed by atoms with van der Waals surface area (Å²) in [5, 5.41) is 6.80. The number of halogens is 1. The predicted molar refractivity (Wildman–Crippen MR) is 140 cm³/mol. The second kappa shape index (κ2) is 12.6. The summed E-state index contributed by atoms with van der Waals surface area (Å²) in [6.45, 7) is 4.94. The maximum absolute atomic E-state index is 5.61. The molecule has 0 saturated carbocycles. The van der Waals surface area contributed by atoms with Crippen molar-refractivity contribution in [1.29, 1.82) is 0 Å². The Kier molecular flexibility index (Phi) is 9.55. The van der Waals surface area contributed by atoms with Gasteiger partial charge in [-0.1, -0.05) is 48.5 Å². The van der Waals surface area contributed by atoms with Crippen LogP contribution in [0, 0.1) is 5.92 Å². The van der Waals surface area contributed by atoms with Crippen LogP contribution in [0.25, 0.3) is 11.5 Å². The molecule has 3 aromatic rings. The summed E-state index contributed by atoms with van der Waals surface area (Å²) in [5.41, 5.74) is 3.25. The summed E-state index contributed by atoms with van der Waals surface area (Å²) in [6.07, 6.45) is 4.04. The molecule has 170 valence electrons. The van der Waals surface area contributed by atoms with Crippen LogP contribution in [0.4, 0.5) is 0 Å². The normalized spacial score (nSPS) is 16.5. The molecule has 7 heteroatoms. The Balaban J connectivity index is 0.00000289. The Morgan fingerprint density at radius 3 is 2.59 bits per heavy atom. The highest BCUT2D eigenvalue weighted by atomic mass is 127. The van der Waals surface area contributed by atoms with Gasteiger partial charge in [0.1, 0.15) is 6.26 Å². The van der Waals surface area contributed by atoms with E-state index in [9.17, 15) is 0 Å². The van der Waals surface area contributed by atoms with Gasteiger partial charge in [-0.25, -0.2) is 4.98 Å². The van der Waals surface area contributed by atoms with E-state index in [1.807, 2.05) is 30.3 Å². The molecular weight excluding hydrogens is 513 g/mol. The number of aliphatic imine (C=N–C) groups is 1. The minimum atomic E-state index is 0. The Hall–Kier alpha value is -2.39. The zero-order valence-corrected chi connectivity index (χ0v) is 20.9. The standard InChI is InChI=1S/C25H31N5O.HI/c1-26-25(28-17-23-19-31-24(29-23)22-10-6-3-7-11-22)27-16-21-13-15-30(18-21)14-12-20-8-4-2-5-9-20;/h2-11,19,21H,12-18H2,1H3,(H2,26,27,28);1H. The Morgan fingerprint density at radius 1 is 1.09 bits per heavy atom. The number of benzene rings is 2. The predicted octanol–water partition coefficient (Wildman–Crippen LogP) is 4.19. The fourth-order valence-corrected chi connectivity index (χ4v) is 3.95. The van der Waals surface area contributed by atoms with Gasteiger partial charge in [0.2, 0.25) is 5.89 Å². The number of hydrogen-bond donors (Lipinski definition) is 2. The molecule has 1 fully saturated rings. The summed E-state index contributed by atoms with van der Waals surface area (Å²) in [4.78, 5) is 11.5. The van der Waals surface area contributed by atoms with Crippen LogP contribution in [0.5, 0.6) is 0 Å². The molecule has 6 nitrogen and oxygen atoms in total. The number of nitrogens with one attached hydrogen (secondary N) is 2. The van der Waals surface area contributed by atoms with Crippen LogP contribution < -0.4 is 10.6 Å². The van der Waals surface area contributed by atoms with E-state index < -0.39 is 0 Å². The summed E-state index contributed by atoms with van der Waals surface area (Å²) in [5.74, 6) is 2.08. The van der Waals surface area contributed by atoms with Crippen molar-refractivity contribution in [3.05, 3.63) is 78.2 Å². The lowest BCUT2D eigenvalue weighted by Gasteiger charge is -2.17. The first-order chi connectivity index (χ1) is 15.3. The fraction of sp³-hybridized carbons (Fsp3) is 0.360. The van der Waals surface area contributed by atoms with Crippen molar-refractivity contribution >= 4 is 29.9 Å². The number of likely N-dealkylation sites (tertiary alicyclic amines) is 1. The van der Waals surface area contributed by atoms with Gasteiger partial charge < -0.3 is 20.0 Å². The van der Waals surface area contributed by atoms with E-state index in [2.05, 4.69) is 55.8 Å². The third kappa shape index (κ3) is 7.06. The highest BCUT2D eigenvalue weighted by Crippen LogP contribution is 2.18. The molecule has 1 unspecified atom stereocenters. The average Bonchev–Trinajstić information content (AvgIpc) is 3.49. The second-order valence-electron chi connectivity index (χ2n) is 8.01. The number of nitrogens with zero attached hydrogens (tertiary/aromatic N) is 3. The zero-order valence-electron chi connectivity index (χ0n) is 18.5. The summed E-state index contributed by atoms with van der Waals surface area (Å²) >= 11 is 0. The third-order valence-corrected chi connectivity index (χ3v) is 5.72. The van der Waals surface area contributed by atoms with E-state index in [0.717, 1.165) is 43.3 Å². The van der Waals surface area contributed by atoms with Crippen molar-refractivity contribution in [1.82, 2.24) is 20.5 Å². The quantitative estimate of drug-likeness (QED) is 0.253. The van der Waals surface area contributed by atoms with Gasteiger partial charge in [-0.3, -0.25) is 4.99 Å². The lowest BCUT2D eigenvalue weighted by molar-refractivity contribution is 0.328. The van der Waals surface area contributed by atoms with Crippen molar-refractivity contribution < 1.29 is 4.42 Å². The van der Waals surface area contributed by atoms with Crippen LogP contribution in [0.3, 0.4) is 0 Å². The molecular formula is C25H32IN5O. The third-order valence-electron chi connectivity index (χ3n) is 5.72. The first-order valence-corrected chi connectivity index (χ1v) is 11.0. The van der Waals surface area contributed by atoms with Crippen molar-refractivity contribution in [3.8, 4) is 11.5 Å². The molecule has 1 atom stereocenters. The zero-order chi connectivity index (χ0) is 21.3. The molecule has 0 bridgehead atoms. The summed E-state index contributed by atoms with van der Waals surface area (Å²) in [6, 6.07) is 20.7.